The number of anilines is 1. The van der Waals surface area contributed by atoms with Crippen molar-refractivity contribution in [2.75, 3.05) is 5.32 Å². The molecule has 2 aromatic heterocycles. The van der Waals surface area contributed by atoms with Crippen LogP contribution >= 0.6 is 22.6 Å². The summed E-state index contributed by atoms with van der Waals surface area (Å²) in [6, 6.07) is 12.7. The van der Waals surface area contributed by atoms with E-state index in [4.69, 9.17) is 9.15 Å². The second kappa shape index (κ2) is 6.86. The molecule has 0 saturated heterocycles. The van der Waals surface area contributed by atoms with Crippen molar-refractivity contribution in [1.82, 2.24) is 9.78 Å². The van der Waals surface area contributed by atoms with Gasteiger partial charge in [-0.2, -0.15) is 5.10 Å². The predicted octanol–water partition coefficient (Wildman–Crippen LogP) is 3.45. The van der Waals surface area contributed by atoms with E-state index in [2.05, 4.69) is 33.0 Å². The van der Waals surface area contributed by atoms with Crippen molar-refractivity contribution < 1.29 is 13.9 Å². The molecule has 0 aliphatic carbocycles. The third-order valence-corrected chi connectivity index (χ3v) is 3.75. The van der Waals surface area contributed by atoms with Crippen LogP contribution in [0.4, 0.5) is 5.82 Å². The van der Waals surface area contributed by atoms with Gasteiger partial charge in [0.2, 0.25) is 0 Å². The molecular formula is C16H14IN3O3. The average molecular weight is 423 g/mol. The Morgan fingerprint density at radius 2 is 2.04 bits per heavy atom. The van der Waals surface area contributed by atoms with Gasteiger partial charge < -0.3 is 14.5 Å². The summed E-state index contributed by atoms with van der Waals surface area (Å²) in [4.78, 5) is 12.1. The standard InChI is InChI=1S/C16H14IN3O3/c1-20-9-8-15(19-20)18-16(21)14-7-6-13(23-14)10-22-12-4-2-11(17)3-5-12/h2-9H,10H2,1H3,(H,18,19,21). The Balaban J connectivity index is 1.59. The summed E-state index contributed by atoms with van der Waals surface area (Å²) in [5.74, 6) is 1.68. The highest BCUT2D eigenvalue weighted by Crippen LogP contribution is 2.17. The van der Waals surface area contributed by atoms with Gasteiger partial charge in [0.1, 0.15) is 18.1 Å². The molecule has 6 nitrogen and oxygen atoms in total. The average Bonchev–Trinajstić information content (AvgIpc) is 3.16. The van der Waals surface area contributed by atoms with Gasteiger partial charge >= 0.3 is 0 Å². The Labute approximate surface area is 146 Å². The van der Waals surface area contributed by atoms with Gasteiger partial charge in [-0.1, -0.05) is 0 Å². The molecule has 3 rings (SSSR count). The van der Waals surface area contributed by atoms with Gasteiger partial charge in [-0.25, -0.2) is 0 Å². The highest BCUT2D eigenvalue weighted by molar-refractivity contribution is 14.1. The molecule has 0 radical (unpaired) electrons. The third-order valence-electron chi connectivity index (χ3n) is 3.04. The summed E-state index contributed by atoms with van der Waals surface area (Å²) in [6.07, 6.45) is 1.75. The summed E-state index contributed by atoms with van der Waals surface area (Å²) < 4.78 is 13.9. The van der Waals surface area contributed by atoms with E-state index in [9.17, 15) is 4.79 Å². The van der Waals surface area contributed by atoms with E-state index in [1.54, 1.807) is 36.1 Å². The second-order valence-electron chi connectivity index (χ2n) is 4.84. The first-order chi connectivity index (χ1) is 11.1. The Bertz CT molecular complexity index is 808. The fourth-order valence-corrected chi connectivity index (χ4v) is 2.28. The van der Waals surface area contributed by atoms with Crippen LogP contribution in [0.3, 0.4) is 0 Å². The highest BCUT2D eigenvalue weighted by atomic mass is 127. The molecule has 0 fully saturated rings. The van der Waals surface area contributed by atoms with Gasteiger partial charge in [-0.15, -0.1) is 0 Å². The number of hydrogen-bond donors (Lipinski definition) is 1. The number of aromatic nitrogens is 2. The van der Waals surface area contributed by atoms with Crippen LogP contribution in [0.15, 0.2) is 53.1 Å². The number of benzene rings is 1. The molecule has 0 bridgehead atoms. The predicted molar refractivity (Wildman–Crippen MR) is 93.4 cm³/mol. The summed E-state index contributed by atoms with van der Waals surface area (Å²) in [6.45, 7) is 0.261. The van der Waals surface area contributed by atoms with Crippen LogP contribution < -0.4 is 10.1 Å². The molecule has 0 aliphatic rings. The Morgan fingerprint density at radius 1 is 1.26 bits per heavy atom. The lowest BCUT2D eigenvalue weighted by Gasteiger charge is -2.04. The normalized spacial score (nSPS) is 10.5. The molecule has 7 heteroatoms. The number of furan rings is 1. The SMILES string of the molecule is Cn1ccc(NC(=O)c2ccc(COc3ccc(I)cc3)o2)n1. The molecule has 1 amide bonds. The smallest absolute Gasteiger partial charge is 0.292 e. The molecule has 118 valence electrons. The van der Waals surface area contributed by atoms with Gasteiger partial charge in [0, 0.05) is 22.9 Å². The first-order valence-corrected chi connectivity index (χ1v) is 7.96. The minimum Gasteiger partial charge on any atom is -0.486 e. The first kappa shape index (κ1) is 15.6. The van der Waals surface area contributed by atoms with Crippen molar-refractivity contribution in [1.29, 1.82) is 0 Å². The molecule has 0 aliphatic heterocycles. The number of rotatable bonds is 5. The number of aryl methyl sites for hydroxylation is 1. The maximum absolute atomic E-state index is 12.1. The van der Waals surface area contributed by atoms with Crippen molar-refractivity contribution in [3.8, 4) is 5.75 Å². The van der Waals surface area contributed by atoms with E-state index in [1.807, 2.05) is 24.3 Å². The Morgan fingerprint density at radius 3 is 2.74 bits per heavy atom. The van der Waals surface area contributed by atoms with Crippen LogP contribution in [0.1, 0.15) is 16.3 Å². The minimum absolute atomic E-state index is 0.219. The minimum atomic E-state index is -0.343. The highest BCUT2D eigenvalue weighted by Gasteiger charge is 2.13. The van der Waals surface area contributed by atoms with Crippen molar-refractivity contribution >= 4 is 34.3 Å². The van der Waals surface area contributed by atoms with Crippen LogP contribution in [-0.2, 0) is 13.7 Å². The number of nitrogens with zero attached hydrogens (tertiary/aromatic N) is 2. The monoisotopic (exact) mass is 423 g/mol. The molecule has 0 atom stereocenters. The van der Waals surface area contributed by atoms with Gasteiger partial charge in [0.05, 0.1) is 0 Å². The zero-order valence-electron chi connectivity index (χ0n) is 12.3. The Kier molecular flexibility index (Phi) is 4.65. The number of nitrogens with one attached hydrogen (secondary N) is 1. The quantitative estimate of drug-likeness (QED) is 0.639. The largest absolute Gasteiger partial charge is 0.486 e. The van der Waals surface area contributed by atoms with Crippen LogP contribution in [0.2, 0.25) is 0 Å². The van der Waals surface area contributed by atoms with Crippen LogP contribution in [0.5, 0.6) is 5.75 Å². The molecule has 0 spiro atoms. The Hall–Kier alpha value is -2.29. The van der Waals surface area contributed by atoms with E-state index in [-0.39, 0.29) is 18.3 Å². The van der Waals surface area contributed by atoms with Crippen molar-refractivity contribution in [2.24, 2.45) is 7.05 Å². The number of amides is 1. The van der Waals surface area contributed by atoms with E-state index >= 15 is 0 Å². The van der Waals surface area contributed by atoms with Gasteiger partial charge in [-0.05, 0) is 59.0 Å². The van der Waals surface area contributed by atoms with E-state index in [0.29, 0.717) is 11.6 Å². The second-order valence-corrected chi connectivity index (χ2v) is 6.08. The number of halogens is 1. The van der Waals surface area contributed by atoms with Gasteiger partial charge in [0.25, 0.3) is 5.91 Å². The molecule has 0 saturated carbocycles. The third kappa shape index (κ3) is 4.13. The number of carbonyl (C=O) groups excluding carboxylic acids is 1. The summed E-state index contributed by atoms with van der Waals surface area (Å²) >= 11 is 2.23. The van der Waals surface area contributed by atoms with E-state index in [1.165, 1.54) is 0 Å². The van der Waals surface area contributed by atoms with E-state index in [0.717, 1.165) is 9.32 Å². The first-order valence-electron chi connectivity index (χ1n) is 6.88. The maximum Gasteiger partial charge on any atom is 0.292 e. The van der Waals surface area contributed by atoms with E-state index < -0.39 is 0 Å². The lowest BCUT2D eigenvalue weighted by atomic mass is 10.3. The van der Waals surface area contributed by atoms with Gasteiger partial charge in [0.15, 0.2) is 11.6 Å². The summed E-state index contributed by atoms with van der Waals surface area (Å²) in [5, 5.41) is 6.75. The molecule has 2 heterocycles. The fraction of sp³-hybridized carbons (Fsp3) is 0.125. The molecule has 23 heavy (non-hydrogen) atoms. The van der Waals surface area contributed by atoms with Crippen molar-refractivity contribution in [3.05, 3.63) is 63.8 Å². The zero-order chi connectivity index (χ0) is 16.2. The number of hydrogen-bond acceptors (Lipinski definition) is 4. The van der Waals surface area contributed by atoms with Crippen LogP contribution in [0.25, 0.3) is 0 Å². The molecule has 3 aromatic rings. The topological polar surface area (TPSA) is 69.3 Å². The fourth-order valence-electron chi connectivity index (χ4n) is 1.92. The lowest BCUT2D eigenvalue weighted by Crippen LogP contribution is -2.11. The van der Waals surface area contributed by atoms with Crippen LogP contribution in [0, 0.1) is 3.57 Å². The molecular weight excluding hydrogens is 409 g/mol. The molecule has 1 N–H and O–H groups in total. The van der Waals surface area contributed by atoms with Crippen molar-refractivity contribution in [2.45, 2.75) is 6.61 Å². The molecule has 1 aromatic carbocycles. The van der Waals surface area contributed by atoms with Crippen molar-refractivity contribution in [3.63, 3.8) is 0 Å². The summed E-state index contributed by atoms with van der Waals surface area (Å²) in [7, 11) is 1.78. The maximum atomic E-state index is 12.1. The number of ether oxygens (including phenoxy) is 1. The van der Waals surface area contributed by atoms with Gasteiger partial charge in [-0.3, -0.25) is 9.48 Å². The lowest BCUT2D eigenvalue weighted by molar-refractivity contribution is 0.0992. The number of carbonyl (C=O) groups is 1. The summed E-state index contributed by atoms with van der Waals surface area (Å²) in [5.41, 5.74) is 0. The molecule has 0 unspecified atom stereocenters. The zero-order valence-corrected chi connectivity index (χ0v) is 14.5. The van der Waals surface area contributed by atoms with Crippen LogP contribution in [-0.4, -0.2) is 15.7 Å².